The fourth-order valence-corrected chi connectivity index (χ4v) is 8.16. The van der Waals surface area contributed by atoms with Crippen molar-refractivity contribution in [3.05, 3.63) is 53.9 Å². The van der Waals surface area contributed by atoms with Crippen LogP contribution < -0.4 is 29.7 Å². The fraction of sp³-hybridized carbons (Fsp3) is 0.545. The minimum Gasteiger partial charge on any atom is -0.497 e. The summed E-state index contributed by atoms with van der Waals surface area (Å²) in [4.78, 5) is 34.9. The van der Waals surface area contributed by atoms with E-state index in [9.17, 15) is 4.79 Å². The van der Waals surface area contributed by atoms with Crippen LogP contribution in [-0.2, 0) is 22.4 Å². The van der Waals surface area contributed by atoms with Gasteiger partial charge in [-0.15, -0.1) is 0 Å². The van der Waals surface area contributed by atoms with Crippen LogP contribution in [0, 0.1) is 0 Å². The number of methoxy groups -OCH3 is 3. The van der Waals surface area contributed by atoms with Crippen molar-refractivity contribution < 1.29 is 28.5 Å². The Bertz CT molecular complexity index is 2040. The van der Waals surface area contributed by atoms with Crippen LogP contribution in [0.25, 0.3) is 22.2 Å². The van der Waals surface area contributed by atoms with Gasteiger partial charge < -0.3 is 44.1 Å². The zero-order valence-electron chi connectivity index (χ0n) is 35.2. The average molecular weight is 797 g/mol. The molecule has 58 heavy (non-hydrogen) atoms. The van der Waals surface area contributed by atoms with E-state index in [-0.39, 0.29) is 12.1 Å². The summed E-state index contributed by atoms with van der Waals surface area (Å²) in [6.45, 7) is 14.7. The van der Waals surface area contributed by atoms with Gasteiger partial charge in [0.1, 0.15) is 39.7 Å². The van der Waals surface area contributed by atoms with E-state index in [0.717, 1.165) is 122 Å². The molecule has 0 aliphatic carbocycles. The number of hydrogen-bond acceptors (Lipinski definition) is 13. The Hall–Kier alpha value is -5.08. The Kier molecular flexibility index (Phi) is 12.9. The normalized spacial score (nSPS) is 17.3. The summed E-state index contributed by atoms with van der Waals surface area (Å²) in [5.41, 5.74) is 5.74. The van der Waals surface area contributed by atoms with Crippen molar-refractivity contribution >= 4 is 34.4 Å². The number of anilines is 3. The summed E-state index contributed by atoms with van der Waals surface area (Å²) in [6, 6.07) is 13.0. The molecule has 7 rings (SSSR count). The third kappa shape index (κ3) is 9.44. The Morgan fingerprint density at radius 2 is 1.59 bits per heavy atom. The molecule has 312 valence electrons. The first kappa shape index (κ1) is 41.1. The van der Waals surface area contributed by atoms with E-state index in [2.05, 4.69) is 45.6 Å². The molecule has 0 atom stereocenters. The first-order chi connectivity index (χ1) is 28.1. The molecular formula is C44H60N8O6. The van der Waals surface area contributed by atoms with Crippen LogP contribution in [0.3, 0.4) is 0 Å². The number of piperazine rings is 1. The number of amides is 1. The van der Waals surface area contributed by atoms with Crippen molar-refractivity contribution in [1.29, 1.82) is 0 Å². The molecule has 0 spiro atoms. The lowest BCUT2D eigenvalue weighted by Gasteiger charge is -2.43. The van der Waals surface area contributed by atoms with Gasteiger partial charge in [-0.25, -0.2) is 19.7 Å². The monoisotopic (exact) mass is 796 g/mol. The van der Waals surface area contributed by atoms with Crippen LogP contribution in [-0.4, -0.2) is 122 Å². The van der Waals surface area contributed by atoms with Crippen molar-refractivity contribution in [1.82, 2.24) is 24.8 Å². The number of fused-ring (bicyclic) bond motifs is 1. The number of ether oxygens (including phenoxy) is 5. The van der Waals surface area contributed by atoms with Gasteiger partial charge in [-0.1, -0.05) is 13.0 Å². The molecular weight excluding hydrogens is 737 g/mol. The molecule has 3 aliphatic rings. The Balaban J connectivity index is 1.12. The van der Waals surface area contributed by atoms with Gasteiger partial charge in [0.05, 0.1) is 32.7 Å². The lowest BCUT2D eigenvalue weighted by Crippen LogP contribution is -2.55. The summed E-state index contributed by atoms with van der Waals surface area (Å²) in [5, 5.41) is 7.25. The second-order valence-electron chi connectivity index (χ2n) is 16.3. The number of benzene rings is 2. The number of pyridine rings is 1. The highest BCUT2D eigenvalue weighted by molar-refractivity contribution is 5.98. The fourth-order valence-electron chi connectivity index (χ4n) is 8.16. The number of nitrogens with one attached hydrogen (secondary N) is 2. The van der Waals surface area contributed by atoms with Gasteiger partial charge in [0.15, 0.2) is 5.82 Å². The van der Waals surface area contributed by atoms with Crippen molar-refractivity contribution in [2.75, 3.05) is 89.3 Å². The van der Waals surface area contributed by atoms with E-state index in [1.807, 2.05) is 50.1 Å². The first-order valence-electron chi connectivity index (χ1n) is 20.7. The maximum absolute atomic E-state index is 12.6. The first-order valence-corrected chi connectivity index (χ1v) is 20.7. The highest BCUT2D eigenvalue weighted by atomic mass is 16.6. The minimum absolute atomic E-state index is 0.218. The number of carbonyl (C=O) groups excluding carboxylic acids is 1. The van der Waals surface area contributed by atoms with Crippen LogP contribution in [0.2, 0.25) is 0 Å². The Labute approximate surface area is 342 Å². The number of rotatable bonds is 12. The number of piperidine rings is 1. The number of carbonyl (C=O) groups is 1. The summed E-state index contributed by atoms with van der Waals surface area (Å²) >= 11 is 0. The van der Waals surface area contributed by atoms with Gasteiger partial charge >= 0.3 is 6.09 Å². The summed E-state index contributed by atoms with van der Waals surface area (Å²) in [6.07, 6.45) is 6.31. The maximum Gasteiger partial charge on any atom is 0.410 e. The van der Waals surface area contributed by atoms with Gasteiger partial charge in [0, 0.05) is 94.5 Å². The van der Waals surface area contributed by atoms with E-state index in [1.54, 1.807) is 21.3 Å². The van der Waals surface area contributed by atoms with Gasteiger partial charge in [-0.05, 0) is 82.7 Å². The van der Waals surface area contributed by atoms with E-state index in [4.69, 9.17) is 38.6 Å². The van der Waals surface area contributed by atoms with Crippen molar-refractivity contribution in [3.8, 4) is 28.4 Å². The smallest absolute Gasteiger partial charge is 0.410 e. The third-order valence-corrected chi connectivity index (χ3v) is 11.4. The molecule has 2 aromatic carbocycles. The molecule has 4 aromatic rings. The second kappa shape index (κ2) is 18.2. The average Bonchev–Trinajstić information content (AvgIpc) is 3.25. The minimum atomic E-state index is -0.486. The molecule has 0 bridgehead atoms. The largest absolute Gasteiger partial charge is 0.497 e. The summed E-state index contributed by atoms with van der Waals surface area (Å²) < 4.78 is 28.4. The molecule has 0 saturated carbocycles. The standard InChI is InChI=1S/C44H60N8O6/c1-8-35-41(47-31-15-23-57-24-16-31)49-39-34(28-46-42(40(39)48-35)45-27-30-9-11-33(54-5)26-37(30)55-6)29-10-12-36(38(25-29)56-7)51-17-13-32(14-18-51)50-19-21-52(22-20-50)43(53)58-44(2,3)4/h9-12,25-26,28,31-32H,8,13-24,27H2,1-7H3,(H,45,46)(H,47,49). The lowest BCUT2D eigenvalue weighted by molar-refractivity contribution is 0.00901. The van der Waals surface area contributed by atoms with Crippen LogP contribution >= 0.6 is 0 Å². The van der Waals surface area contributed by atoms with Crippen LogP contribution in [0.1, 0.15) is 64.6 Å². The Morgan fingerprint density at radius 1 is 0.845 bits per heavy atom. The van der Waals surface area contributed by atoms with E-state index >= 15 is 0 Å². The zero-order chi connectivity index (χ0) is 40.8. The van der Waals surface area contributed by atoms with E-state index < -0.39 is 5.60 Å². The zero-order valence-corrected chi connectivity index (χ0v) is 35.2. The van der Waals surface area contributed by atoms with Crippen molar-refractivity contribution in [2.24, 2.45) is 0 Å². The molecule has 0 unspecified atom stereocenters. The van der Waals surface area contributed by atoms with Crippen LogP contribution in [0.4, 0.5) is 22.1 Å². The van der Waals surface area contributed by atoms with Gasteiger partial charge in [-0.3, -0.25) is 4.90 Å². The number of hydrogen-bond donors (Lipinski definition) is 2. The van der Waals surface area contributed by atoms with Crippen LogP contribution in [0.5, 0.6) is 17.2 Å². The lowest BCUT2D eigenvalue weighted by atomic mass is 10.00. The second-order valence-corrected chi connectivity index (χ2v) is 16.3. The summed E-state index contributed by atoms with van der Waals surface area (Å²) in [5.74, 6) is 3.71. The molecule has 5 heterocycles. The summed E-state index contributed by atoms with van der Waals surface area (Å²) in [7, 11) is 5.04. The van der Waals surface area contributed by atoms with Crippen molar-refractivity contribution in [2.45, 2.75) is 84.0 Å². The molecule has 1 amide bonds. The molecule has 3 saturated heterocycles. The molecule has 2 aromatic heterocycles. The third-order valence-electron chi connectivity index (χ3n) is 11.4. The van der Waals surface area contributed by atoms with Gasteiger partial charge in [0.25, 0.3) is 0 Å². The maximum atomic E-state index is 12.6. The van der Waals surface area contributed by atoms with E-state index in [1.165, 1.54) is 0 Å². The number of aromatic nitrogens is 3. The van der Waals surface area contributed by atoms with Gasteiger partial charge in [-0.2, -0.15) is 0 Å². The number of nitrogens with zero attached hydrogens (tertiary/aromatic N) is 6. The van der Waals surface area contributed by atoms with E-state index in [0.29, 0.717) is 43.4 Å². The van der Waals surface area contributed by atoms with Gasteiger partial charge in [0.2, 0.25) is 0 Å². The predicted molar refractivity (Wildman–Crippen MR) is 228 cm³/mol. The quantitative estimate of drug-likeness (QED) is 0.152. The Morgan fingerprint density at radius 3 is 2.26 bits per heavy atom. The molecule has 3 aliphatic heterocycles. The molecule has 14 nitrogen and oxygen atoms in total. The van der Waals surface area contributed by atoms with Crippen LogP contribution in [0.15, 0.2) is 42.6 Å². The SMILES string of the molecule is CCc1nc2c(NCc3ccc(OC)cc3OC)ncc(-c3ccc(N4CCC(N5CCN(C(=O)OC(C)(C)C)CC5)CC4)c(OC)c3)c2nc1NC1CCOCC1. The molecule has 14 heteroatoms. The van der Waals surface area contributed by atoms with Crippen molar-refractivity contribution in [3.63, 3.8) is 0 Å². The molecule has 2 N–H and O–H groups in total. The molecule has 3 fully saturated rings. The topological polar surface area (TPSA) is 136 Å². The predicted octanol–water partition coefficient (Wildman–Crippen LogP) is 7.00. The molecule has 0 radical (unpaired) electrons. The highest BCUT2D eigenvalue weighted by Crippen LogP contribution is 2.39. The number of aryl methyl sites for hydroxylation is 1. The highest BCUT2D eigenvalue weighted by Gasteiger charge is 2.31.